The van der Waals surface area contributed by atoms with E-state index in [2.05, 4.69) is 0 Å². The van der Waals surface area contributed by atoms with E-state index in [0.717, 1.165) is 29.7 Å². The van der Waals surface area contributed by atoms with Crippen molar-refractivity contribution in [3.05, 3.63) is 156 Å². The average Bonchev–Trinajstić information content (AvgIpc) is 3.13. The summed E-state index contributed by atoms with van der Waals surface area (Å²) in [6.45, 7) is 1.98. The first-order chi connectivity index (χ1) is 25.8. The van der Waals surface area contributed by atoms with E-state index < -0.39 is 0 Å². The zero-order valence-electron chi connectivity index (χ0n) is 27.2. The van der Waals surface area contributed by atoms with E-state index in [1.165, 1.54) is 34.0 Å². The fourth-order valence-electron chi connectivity index (χ4n) is 6.55. The fourth-order valence-corrected chi connectivity index (χ4v) is 12.2. The number of fused-ring (bicyclic) bond motifs is 8. The van der Waals surface area contributed by atoms with Gasteiger partial charge in [-0.25, -0.2) is 0 Å². The second-order valence-corrected chi connectivity index (χ2v) is 19.0. The Morgan fingerprint density at radius 2 is 0.704 bits per heavy atom. The molecule has 0 aliphatic rings. The van der Waals surface area contributed by atoms with Crippen molar-refractivity contribution < 1.29 is 0 Å². The van der Waals surface area contributed by atoms with Gasteiger partial charge in [-0.15, -0.1) is 45.3 Å². The molecule has 0 bridgehead atoms. The number of hydrogen-bond acceptors (Lipinski definition) is 8. The molecule has 6 aromatic carbocycles. The number of halogens is 5. The molecule has 0 saturated carbocycles. The van der Waals surface area contributed by atoms with Crippen LogP contribution in [0.1, 0.15) is 5.56 Å². The molecule has 10 aromatic rings. The number of benzene rings is 6. The third-order valence-electron chi connectivity index (χ3n) is 9.08. The minimum absolute atomic E-state index is 0.0233. The molecule has 13 heteroatoms. The third kappa shape index (κ3) is 6.00. The molecule has 0 N–H and O–H groups in total. The van der Waals surface area contributed by atoms with Crippen molar-refractivity contribution in [2.75, 3.05) is 0 Å². The Morgan fingerprint density at radius 1 is 0.352 bits per heavy atom. The first kappa shape index (κ1) is 36.0. The van der Waals surface area contributed by atoms with Crippen LogP contribution >= 0.6 is 103 Å². The van der Waals surface area contributed by atoms with Crippen LogP contribution in [0.15, 0.2) is 104 Å². The molecule has 10 rings (SSSR count). The molecule has 264 valence electrons. The second kappa shape index (κ2) is 13.5. The van der Waals surface area contributed by atoms with E-state index in [0.29, 0.717) is 81.6 Å². The molecular formula is C41H17Cl5O4S4. The van der Waals surface area contributed by atoms with Crippen LogP contribution in [0.4, 0.5) is 0 Å². The summed E-state index contributed by atoms with van der Waals surface area (Å²) in [4.78, 5) is 52.1. The summed E-state index contributed by atoms with van der Waals surface area (Å²) in [6.07, 6.45) is 0. The van der Waals surface area contributed by atoms with Gasteiger partial charge in [-0.3, -0.25) is 19.2 Å². The van der Waals surface area contributed by atoms with Crippen LogP contribution in [0.2, 0.25) is 25.1 Å². The van der Waals surface area contributed by atoms with Crippen molar-refractivity contribution in [2.45, 2.75) is 6.92 Å². The van der Waals surface area contributed by atoms with Gasteiger partial charge in [-0.2, -0.15) is 0 Å². The maximum Gasteiger partial charge on any atom is 0.196 e. The van der Waals surface area contributed by atoms with E-state index in [4.69, 9.17) is 58.0 Å². The highest BCUT2D eigenvalue weighted by molar-refractivity contribution is 7.27. The van der Waals surface area contributed by atoms with Crippen LogP contribution in [-0.4, -0.2) is 0 Å². The minimum atomic E-state index is -0.169. The van der Waals surface area contributed by atoms with Gasteiger partial charge in [0.25, 0.3) is 0 Å². The van der Waals surface area contributed by atoms with E-state index >= 15 is 0 Å². The summed E-state index contributed by atoms with van der Waals surface area (Å²) in [5, 5.41) is 6.81. The molecule has 0 fully saturated rings. The van der Waals surface area contributed by atoms with Crippen molar-refractivity contribution in [1.29, 1.82) is 0 Å². The predicted octanol–water partition coefficient (Wildman–Crippen LogP) is 13.9. The van der Waals surface area contributed by atoms with E-state index in [-0.39, 0.29) is 21.7 Å². The van der Waals surface area contributed by atoms with E-state index in [1.54, 1.807) is 59.9 Å². The van der Waals surface area contributed by atoms with Crippen LogP contribution in [-0.2, 0) is 0 Å². The van der Waals surface area contributed by atoms with Crippen molar-refractivity contribution in [2.24, 2.45) is 0 Å². The maximum atomic E-state index is 13.1. The highest BCUT2D eigenvalue weighted by Crippen LogP contribution is 2.38. The molecular weight excluding hydrogens is 862 g/mol. The van der Waals surface area contributed by atoms with Gasteiger partial charge in [-0.05, 0) is 85.8 Å². The maximum absolute atomic E-state index is 13.1. The molecule has 0 aliphatic heterocycles. The number of hydrogen-bond donors (Lipinski definition) is 0. The SMILES string of the molecule is Cc1ccc2sc3cc4c(=O)c5cc(Cl)ccc5sc4cc3c(=O)c2c1.O=c1c2cc3sc4c(Cl)cc(Cl)cc4c(=O)c3cc2sc2c(Cl)cc(Cl)cc12. The lowest BCUT2D eigenvalue weighted by Crippen LogP contribution is -2.04. The largest absolute Gasteiger partial charge is 0.289 e. The summed E-state index contributed by atoms with van der Waals surface area (Å²) in [6, 6.07) is 24.9. The average molecular weight is 879 g/mol. The van der Waals surface area contributed by atoms with Crippen LogP contribution < -0.4 is 21.7 Å². The normalized spacial score (nSPS) is 11.8. The van der Waals surface area contributed by atoms with Gasteiger partial charge in [0.15, 0.2) is 21.7 Å². The van der Waals surface area contributed by atoms with Gasteiger partial charge in [0.1, 0.15) is 0 Å². The van der Waals surface area contributed by atoms with Crippen molar-refractivity contribution in [3.63, 3.8) is 0 Å². The third-order valence-corrected chi connectivity index (χ3v) is 15.2. The highest BCUT2D eigenvalue weighted by Gasteiger charge is 2.16. The quantitative estimate of drug-likeness (QED) is 0.142. The number of rotatable bonds is 0. The Kier molecular flexibility index (Phi) is 9.01. The van der Waals surface area contributed by atoms with Gasteiger partial charge in [0.05, 0.1) is 19.4 Å². The van der Waals surface area contributed by atoms with Crippen LogP contribution in [0.3, 0.4) is 0 Å². The van der Waals surface area contributed by atoms with Gasteiger partial charge < -0.3 is 0 Å². The standard InChI is InChI=1S/C21H11ClO2S2.C20H6Cl4O2S2/c1-10-2-4-16-12(6-10)20(23)14-8-19-15(9-18(14)25-16)21(24)13-7-11(22)3-5-17(13)26-19;21-7-1-11-17(25)9-5-16-10(6-15(9)27-19(11)13(23)3-7)18(26)12-2-8(22)4-14(24)20(12)28-16/h2-9H,1H3;1-6H. The minimum Gasteiger partial charge on any atom is -0.289 e. The Balaban J connectivity index is 0.000000143. The van der Waals surface area contributed by atoms with Crippen LogP contribution in [0.5, 0.6) is 0 Å². The lowest BCUT2D eigenvalue weighted by atomic mass is 10.1. The van der Waals surface area contributed by atoms with Crippen LogP contribution in [0, 0.1) is 6.92 Å². The van der Waals surface area contributed by atoms with Crippen LogP contribution in [0.25, 0.3) is 80.7 Å². The molecule has 4 aromatic heterocycles. The lowest BCUT2D eigenvalue weighted by Gasteiger charge is -2.07. The molecule has 0 amide bonds. The molecule has 0 aliphatic carbocycles. The van der Waals surface area contributed by atoms with Crippen molar-refractivity contribution in [3.8, 4) is 0 Å². The Bertz CT molecular complexity index is 3340. The molecule has 0 saturated heterocycles. The Morgan fingerprint density at radius 3 is 1.17 bits per heavy atom. The highest BCUT2D eigenvalue weighted by atomic mass is 35.5. The molecule has 0 radical (unpaired) electrons. The van der Waals surface area contributed by atoms with E-state index in [9.17, 15) is 19.2 Å². The lowest BCUT2D eigenvalue weighted by molar-refractivity contribution is 1.51. The molecule has 0 unspecified atom stereocenters. The smallest absolute Gasteiger partial charge is 0.196 e. The van der Waals surface area contributed by atoms with Gasteiger partial charge in [0.2, 0.25) is 0 Å². The zero-order chi connectivity index (χ0) is 37.7. The first-order valence-electron chi connectivity index (χ1n) is 16.0. The Hall–Kier alpha value is -3.67. The van der Waals surface area contributed by atoms with Gasteiger partial charge >= 0.3 is 0 Å². The summed E-state index contributed by atoms with van der Waals surface area (Å²) in [5.41, 5.74) is 0.709. The first-order valence-corrected chi connectivity index (χ1v) is 21.1. The summed E-state index contributed by atoms with van der Waals surface area (Å²) in [5.74, 6) is 0. The molecule has 4 heterocycles. The molecule has 0 atom stereocenters. The molecule has 0 spiro atoms. The van der Waals surface area contributed by atoms with Crippen molar-refractivity contribution in [1.82, 2.24) is 0 Å². The molecule has 4 nitrogen and oxygen atoms in total. The monoisotopic (exact) mass is 876 g/mol. The van der Waals surface area contributed by atoms with Gasteiger partial charge in [0, 0.05) is 86.4 Å². The predicted molar refractivity (Wildman–Crippen MR) is 239 cm³/mol. The summed E-state index contributed by atoms with van der Waals surface area (Å²) < 4.78 is 6.14. The summed E-state index contributed by atoms with van der Waals surface area (Å²) in [7, 11) is 0. The van der Waals surface area contributed by atoms with E-state index in [1.807, 2.05) is 43.3 Å². The molecule has 54 heavy (non-hydrogen) atoms. The Labute approximate surface area is 344 Å². The summed E-state index contributed by atoms with van der Waals surface area (Å²) >= 11 is 36.6. The number of aryl methyl sites for hydroxylation is 1. The fraction of sp³-hybridized carbons (Fsp3) is 0.0244. The topological polar surface area (TPSA) is 68.3 Å². The van der Waals surface area contributed by atoms with Gasteiger partial charge in [-0.1, -0.05) is 69.6 Å². The van der Waals surface area contributed by atoms with Crippen molar-refractivity contribution >= 4 is 184 Å². The zero-order valence-corrected chi connectivity index (χ0v) is 34.3. The second-order valence-electron chi connectivity index (χ2n) is 12.6.